The molecule has 4 heteroatoms. The largest absolute Gasteiger partial charge is 0.366 e. The van der Waals surface area contributed by atoms with Crippen LogP contribution in [0, 0.1) is 0 Å². The second-order valence-electron chi connectivity index (χ2n) is 3.71. The number of nitrogens with two attached hydrogens (primary N) is 1. The van der Waals surface area contributed by atoms with Gasteiger partial charge in [0.25, 0.3) is 0 Å². The SMILES string of the molecule is CCCCCCN(CC)C(=O)/C=C\C(N)=O. The highest BCUT2D eigenvalue weighted by molar-refractivity contribution is 5.95. The third-order valence-electron chi connectivity index (χ3n) is 2.37. The second-order valence-corrected chi connectivity index (χ2v) is 3.71. The van der Waals surface area contributed by atoms with Crippen molar-refractivity contribution in [1.29, 1.82) is 0 Å². The van der Waals surface area contributed by atoms with Crippen LogP contribution in [0.2, 0.25) is 0 Å². The lowest BCUT2D eigenvalue weighted by Crippen LogP contribution is -2.30. The molecule has 4 nitrogen and oxygen atoms in total. The minimum absolute atomic E-state index is 0.141. The minimum Gasteiger partial charge on any atom is -0.366 e. The van der Waals surface area contributed by atoms with E-state index in [9.17, 15) is 9.59 Å². The Morgan fingerprint density at radius 3 is 2.31 bits per heavy atom. The third kappa shape index (κ3) is 7.04. The average molecular weight is 226 g/mol. The van der Waals surface area contributed by atoms with E-state index >= 15 is 0 Å². The van der Waals surface area contributed by atoms with Crippen molar-refractivity contribution in [2.45, 2.75) is 39.5 Å². The Balaban J connectivity index is 3.97. The highest BCUT2D eigenvalue weighted by Crippen LogP contribution is 2.02. The predicted octanol–water partition coefficient (Wildman–Crippen LogP) is 1.46. The first-order valence-corrected chi connectivity index (χ1v) is 5.88. The van der Waals surface area contributed by atoms with Crippen molar-refractivity contribution in [3.63, 3.8) is 0 Å². The number of rotatable bonds is 8. The molecule has 0 radical (unpaired) electrons. The van der Waals surface area contributed by atoms with Gasteiger partial charge in [-0.05, 0) is 13.3 Å². The maximum atomic E-state index is 11.6. The van der Waals surface area contributed by atoms with E-state index in [0.29, 0.717) is 6.54 Å². The summed E-state index contributed by atoms with van der Waals surface area (Å²) in [5.74, 6) is -0.729. The number of carbonyl (C=O) groups is 2. The normalized spacial score (nSPS) is 10.6. The van der Waals surface area contributed by atoms with Crippen LogP contribution in [-0.4, -0.2) is 29.8 Å². The fourth-order valence-electron chi connectivity index (χ4n) is 1.41. The Bertz CT molecular complexity index is 249. The quantitative estimate of drug-likeness (QED) is 0.503. The van der Waals surface area contributed by atoms with Gasteiger partial charge in [-0.15, -0.1) is 0 Å². The first kappa shape index (κ1) is 14.7. The summed E-state index contributed by atoms with van der Waals surface area (Å²) in [7, 11) is 0. The molecule has 0 bridgehead atoms. The minimum atomic E-state index is -0.588. The Morgan fingerprint density at radius 2 is 1.81 bits per heavy atom. The molecule has 0 spiro atoms. The van der Waals surface area contributed by atoms with Crippen LogP contribution in [0.15, 0.2) is 12.2 Å². The first-order chi connectivity index (χ1) is 7.61. The molecule has 0 aliphatic carbocycles. The van der Waals surface area contributed by atoms with Crippen molar-refractivity contribution in [2.75, 3.05) is 13.1 Å². The van der Waals surface area contributed by atoms with Crippen LogP contribution in [-0.2, 0) is 9.59 Å². The van der Waals surface area contributed by atoms with Crippen LogP contribution >= 0.6 is 0 Å². The lowest BCUT2D eigenvalue weighted by molar-refractivity contribution is -0.126. The smallest absolute Gasteiger partial charge is 0.246 e. The van der Waals surface area contributed by atoms with E-state index in [2.05, 4.69) is 6.92 Å². The van der Waals surface area contributed by atoms with Crippen molar-refractivity contribution in [3.05, 3.63) is 12.2 Å². The number of hydrogen-bond acceptors (Lipinski definition) is 2. The molecular formula is C12H22N2O2. The van der Waals surface area contributed by atoms with Crippen molar-refractivity contribution in [2.24, 2.45) is 5.73 Å². The Hall–Kier alpha value is -1.32. The maximum Gasteiger partial charge on any atom is 0.246 e. The lowest BCUT2D eigenvalue weighted by Gasteiger charge is -2.18. The van der Waals surface area contributed by atoms with Gasteiger partial charge in [0.15, 0.2) is 0 Å². The van der Waals surface area contributed by atoms with Crippen molar-refractivity contribution < 1.29 is 9.59 Å². The monoisotopic (exact) mass is 226 g/mol. The Morgan fingerprint density at radius 1 is 1.12 bits per heavy atom. The number of amides is 2. The zero-order valence-corrected chi connectivity index (χ0v) is 10.2. The van der Waals surface area contributed by atoms with Crippen molar-refractivity contribution >= 4 is 11.8 Å². The third-order valence-corrected chi connectivity index (χ3v) is 2.37. The number of carbonyl (C=O) groups excluding carboxylic acids is 2. The van der Waals surface area contributed by atoms with Gasteiger partial charge in [0.2, 0.25) is 11.8 Å². The number of unbranched alkanes of at least 4 members (excludes halogenated alkanes) is 3. The van der Waals surface area contributed by atoms with Gasteiger partial charge in [0.1, 0.15) is 0 Å². The molecule has 2 N–H and O–H groups in total. The van der Waals surface area contributed by atoms with Gasteiger partial charge < -0.3 is 10.6 Å². The highest BCUT2D eigenvalue weighted by Gasteiger charge is 2.07. The highest BCUT2D eigenvalue weighted by atomic mass is 16.2. The van der Waals surface area contributed by atoms with Crippen LogP contribution in [0.25, 0.3) is 0 Å². The summed E-state index contributed by atoms with van der Waals surface area (Å²) in [5, 5.41) is 0. The van der Waals surface area contributed by atoms with E-state index in [4.69, 9.17) is 5.73 Å². The van der Waals surface area contributed by atoms with Gasteiger partial charge in [-0.25, -0.2) is 0 Å². The number of primary amides is 1. The molecular weight excluding hydrogens is 204 g/mol. The summed E-state index contributed by atoms with van der Waals surface area (Å²) in [6, 6.07) is 0. The molecule has 0 saturated heterocycles. The topological polar surface area (TPSA) is 63.4 Å². The summed E-state index contributed by atoms with van der Waals surface area (Å²) >= 11 is 0. The fourth-order valence-corrected chi connectivity index (χ4v) is 1.41. The van der Waals surface area contributed by atoms with E-state index in [1.165, 1.54) is 18.9 Å². The first-order valence-electron chi connectivity index (χ1n) is 5.88. The number of nitrogens with zero attached hydrogens (tertiary/aromatic N) is 1. The molecule has 0 aromatic heterocycles. The van der Waals surface area contributed by atoms with E-state index in [1.54, 1.807) is 4.90 Å². The molecule has 16 heavy (non-hydrogen) atoms. The van der Waals surface area contributed by atoms with E-state index in [1.807, 2.05) is 6.92 Å². The van der Waals surface area contributed by atoms with Crippen molar-refractivity contribution in [1.82, 2.24) is 4.90 Å². The number of likely N-dealkylation sites (N-methyl/N-ethyl adjacent to an activating group) is 1. The zero-order chi connectivity index (χ0) is 12.4. The van der Waals surface area contributed by atoms with Crippen LogP contribution in [0.5, 0.6) is 0 Å². The molecule has 0 aliphatic heterocycles. The molecule has 0 aromatic carbocycles. The molecule has 0 unspecified atom stereocenters. The van der Waals surface area contributed by atoms with Gasteiger partial charge in [-0.3, -0.25) is 9.59 Å². The van der Waals surface area contributed by atoms with E-state index in [0.717, 1.165) is 25.5 Å². The Kier molecular flexibility index (Phi) is 8.21. The second kappa shape index (κ2) is 8.95. The average Bonchev–Trinajstić information content (AvgIpc) is 2.26. The summed E-state index contributed by atoms with van der Waals surface area (Å²) in [4.78, 5) is 23.8. The maximum absolute atomic E-state index is 11.6. The molecule has 92 valence electrons. The molecule has 0 heterocycles. The molecule has 0 atom stereocenters. The van der Waals surface area contributed by atoms with E-state index in [-0.39, 0.29) is 5.91 Å². The molecule has 0 rings (SSSR count). The zero-order valence-electron chi connectivity index (χ0n) is 10.2. The van der Waals surface area contributed by atoms with Gasteiger partial charge in [-0.1, -0.05) is 26.2 Å². The van der Waals surface area contributed by atoms with Crippen LogP contribution < -0.4 is 5.73 Å². The molecule has 0 aliphatic rings. The van der Waals surface area contributed by atoms with Crippen LogP contribution in [0.3, 0.4) is 0 Å². The lowest BCUT2D eigenvalue weighted by atomic mass is 10.2. The van der Waals surface area contributed by atoms with Crippen LogP contribution in [0.4, 0.5) is 0 Å². The predicted molar refractivity (Wildman–Crippen MR) is 64.7 cm³/mol. The van der Waals surface area contributed by atoms with Gasteiger partial charge >= 0.3 is 0 Å². The molecule has 0 fully saturated rings. The summed E-state index contributed by atoms with van der Waals surface area (Å²) < 4.78 is 0. The Labute approximate surface area is 97.5 Å². The number of hydrogen-bond donors (Lipinski definition) is 1. The fraction of sp³-hybridized carbons (Fsp3) is 0.667. The van der Waals surface area contributed by atoms with Crippen LogP contribution in [0.1, 0.15) is 39.5 Å². The van der Waals surface area contributed by atoms with Crippen molar-refractivity contribution in [3.8, 4) is 0 Å². The molecule has 2 amide bonds. The summed E-state index contributed by atoms with van der Waals surface area (Å²) in [6.45, 7) is 5.49. The van der Waals surface area contributed by atoms with Gasteiger partial charge in [0.05, 0.1) is 0 Å². The van der Waals surface area contributed by atoms with Gasteiger partial charge in [-0.2, -0.15) is 0 Å². The molecule has 0 saturated carbocycles. The summed E-state index contributed by atoms with van der Waals surface area (Å²) in [5.41, 5.74) is 4.93. The van der Waals surface area contributed by atoms with E-state index < -0.39 is 5.91 Å². The molecule has 0 aromatic rings. The van der Waals surface area contributed by atoms with Gasteiger partial charge in [0, 0.05) is 25.2 Å². The summed E-state index contributed by atoms with van der Waals surface area (Å²) in [6.07, 6.45) is 6.88. The standard InChI is InChI=1S/C12H22N2O2/c1-3-5-6-7-10-14(4-2)12(16)9-8-11(13)15/h8-9H,3-7,10H2,1-2H3,(H2,13,15)/b9-8-.